The topological polar surface area (TPSA) is 76.8 Å². The van der Waals surface area contributed by atoms with E-state index in [1.165, 1.54) is 0 Å². The van der Waals surface area contributed by atoms with Crippen LogP contribution in [0.3, 0.4) is 0 Å². The van der Waals surface area contributed by atoms with Gasteiger partial charge in [0, 0.05) is 21.0 Å². The molecule has 0 aliphatic heterocycles. The Morgan fingerprint density at radius 3 is 1.37 bits per heavy atom. The van der Waals surface area contributed by atoms with Crippen LogP contribution in [-0.4, -0.2) is 21.4 Å². The summed E-state index contributed by atoms with van der Waals surface area (Å²) in [6, 6.07) is 15.9. The van der Waals surface area contributed by atoms with E-state index in [2.05, 4.69) is 55.1 Å². The molecule has 2 heterocycles. The molecular weight excluding hydrogens is 606 g/mol. The summed E-state index contributed by atoms with van der Waals surface area (Å²) in [4.78, 5) is 18.8. The second-order valence-electron chi connectivity index (χ2n) is 6.69. The lowest BCUT2D eigenvalue weighted by Gasteiger charge is -2.12. The third kappa shape index (κ3) is 3.62. The van der Waals surface area contributed by atoms with E-state index < -0.39 is 0 Å². The highest BCUT2D eigenvalue weighted by atomic mass is 127. The van der Waals surface area contributed by atoms with Gasteiger partial charge in [0.1, 0.15) is 22.8 Å². The molecule has 0 saturated carbocycles. The van der Waals surface area contributed by atoms with Gasteiger partial charge in [0.25, 0.3) is 0 Å². The lowest BCUT2D eigenvalue weighted by molar-refractivity contribution is 0.508. The molecule has 148 valence electrons. The molecule has 0 spiro atoms. The summed E-state index contributed by atoms with van der Waals surface area (Å²) in [5.74, 6) is 2.17. The fourth-order valence-corrected chi connectivity index (χ4v) is 3.93. The third-order valence-corrected chi connectivity index (χ3v) is 5.92. The monoisotopic (exact) mass is 620 g/mol. The molecule has 0 atom stereocenters. The van der Waals surface area contributed by atoms with E-state index in [4.69, 9.17) is 18.8 Å². The molecule has 2 aromatic heterocycles. The molecule has 0 radical (unpaired) electrons. The van der Waals surface area contributed by atoms with Gasteiger partial charge in [0.05, 0.1) is 11.4 Å². The molecule has 4 aromatic rings. The van der Waals surface area contributed by atoms with Gasteiger partial charge in [-0.1, -0.05) is 0 Å². The molecule has 0 saturated heterocycles. The Balaban J connectivity index is 1.73. The standard InChI is InChI=1S/C22H14I2N4O2/c1-11-25-17-19(27-15-7-3-13(23)4-8-15)22-18(26-12(2)30-22)20(21(17)29-11)28-16-9-5-14(24)6-10-16/h3-10H,1-2H3. The molecule has 30 heavy (non-hydrogen) atoms. The van der Waals surface area contributed by atoms with E-state index in [1.807, 2.05) is 62.4 Å². The predicted molar refractivity (Wildman–Crippen MR) is 131 cm³/mol. The first-order valence-electron chi connectivity index (χ1n) is 9.13. The van der Waals surface area contributed by atoms with E-state index in [-0.39, 0.29) is 0 Å². The van der Waals surface area contributed by atoms with Crippen molar-refractivity contribution in [1.29, 1.82) is 0 Å². The molecule has 0 unspecified atom stereocenters. The maximum atomic E-state index is 5.96. The summed E-state index contributed by atoms with van der Waals surface area (Å²) in [7, 11) is 0. The van der Waals surface area contributed by atoms with Crippen LogP contribution in [0.2, 0.25) is 0 Å². The van der Waals surface area contributed by atoms with Crippen molar-refractivity contribution in [3.63, 3.8) is 0 Å². The highest BCUT2D eigenvalue weighted by molar-refractivity contribution is 14.1. The average Bonchev–Trinajstić information content (AvgIpc) is 3.30. The Kier molecular flexibility index (Phi) is 5.05. The Morgan fingerprint density at radius 1 is 0.633 bits per heavy atom. The van der Waals surface area contributed by atoms with Crippen LogP contribution in [-0.2, 0) is 0 Å². The number of oxazole rings is 2. The van der Waals surface area contributed by atoms with Crippen LogP contribution in [0.25, 0.3) is 0 Å². The normalized spacial score (nSPS) is 15.5. The van der Waals surface area contributed by atoms with Crippen LogP contribution in [0.1, 0.15) is 34.7 Å². The molecule has 8 heteroatoms. The smallest absolute Gasteiger partial charge is 0.192 e. The van der Waals surface area contributed by atoms with Crippen molar-refractivity contribution in [2.75, 3.05) is 0 Å². The summed E-state index contributed by atoms with van der Waals surface area (Å²) < 4.78 is 14.2. The minimum absolute atomic E-state index is 0.535. The molecule has 5 rings (SSSR count). The number of halogens is 2. The second kappa shape index (κ2) is 7.73. The lowest BCUT2D eigenvalue weighted by Crippen LogP contribution is -2.20. The van der Waals surface area contributed by atoms with Gasteiger partial charge in [-0.2, -0.15) is 0 Å². The van der Waals surface area contributed by atoms with Crippen molar-refractivity contribution in [3.8, 4) is 0 Å². The molecule has 2 aromatic carbocycles. The van der Waals surface area contributed by atoms with Crippen LogP contribution in [0.15, 0.2) is 67.4 Å². The maximum absolute atomic E-state index is 5.96. The fraction of sp³-hybridized carbons (Fsp3) is 0.0909. The number of fused-ring (bicyclic) bond motifs is 2. The first-order chi connectivity index (χ1) is 14.5. The number of rotatable bonds is 2. The van der Waals surface area contributed by atoms with E-state index in [0.717, 1.165) is 18.5 Å². The van der Waals surface area contributed by atoms with Gasteiger partial charge < -0.3 is 8.83 Å². The molecule has 1 aliphatic carbocycles. The zero-order valence-corrected chi connectivity index (χ0v) is 20.3. The molecule has 0 N–H and O–H groups in total. The van der Waals surface area contributed by atoms with Crippen molar-refractivity contribution >= 4 is 68.0 Å². The summed E-state index contributed by atoms with van der Waals surface area (Å²) >= 11 is 4.54. The van der Waals surface area contributed by atoms with Crippen LogP contribution in [0.5, 0.6) is 0 Å². The summed E-state index contributed by atoms with van der Waals surface area (Å²) in [5.41, 5.74) is 4.02. The highest BCUT2D eigenvalue weighted by Crippen LogP contribution is 2.32. The Labute approximate surface area is 199 Å². The molecule has 6 nitrogen and oxygen atoms in total. The van der Waals surface area contributed by atoms with Crippen molar-refractivity contribution in [3.05, 3.63) is 90.4 Å². The van der Waals surface area contributed by atoms with Gasteiger partial charge >= 0.3 is 0 Å². The van der Waals surface area contributed by atoms with Crippen molar-refractivity contribution in [2.45, 2.75) is 13.8 Å². The second-order valence-corrected chi connectivity index (χ2v) is 9.19. The zero-order valence-electron chi connectivity index (χ0n) is 16.0. The third-order valence-electron chi connectivity index (χ3n) is 4.48. The molecule has 1 aliphatic rings. The summed E-state index contributed by atoms with van der Waals surface area (Å²) in [6.07, 6.45) is 0. The van der Waals surface area contributed by atoms with E-state index in [9.17, 15) is 0 Å². The Bertz CT molecular complexity index is 1170. The number of aryl methyl sites for hydroxylation is 2. The summed E-state index contributed by atoms with van der Waals surface area (Å²) in [6.45, 7) is 3.62. The van der Waals surface area contributed by atoms with Crippen molar-refractivity contribution < 1.29 is 8.83 Å². The van der Waals surface area contributed by atoms with Crippen molar-refractivity contribution in [2.24, 2.45) is 9.98 Å². The Hall–Kier alpha value is -2.34. The van der Waals surface area contributed by atoms with Gasteiger partial charge in [-0.05, 0) is 93.7 Å². The number of hydrogen-bond acceptors (Lipinski definition) is 6. The van der Waals surface area contributed by atoms with Crippen LogP contribution >= 0.6 is 45.2 Å². The SMILES string of the molecule is Cc1nc2c(o1)C(=Nc1ccc(I)cc1)c1nc(C)oc1C2=Nc1ccc(I)cc1. The van der Waals surface area contributed by atoms with Gasteiger partial charge in [-0.15, -0.1) is 0 Å². The number of aromatic nitrogens is 2. The molecular formula is C22H14I2N4O2. The van der Waals surface area contributed by atoms with E-state index in [1.54, 1.807) is 0 Å². The summed E-state index contributed by atoms with van der Waals surface area (Å²) in [5, 5.41) is 0. The fourth-order valence-electron chi connectivity index (χ4n) is 3.21. The quantitative estimate of drug-likeness (QED) is 0.223. The number of hydrogen-bond donors (Lipinski definition) is 0. The number of nitrogens with zero attached hydrogens (tertiary/aromatic N) is 4. The van der Waals surface area contributed by atoms with Gasteiger partial charge in [-0.25, -0.2) is 20.0 Å². The lowest BCUT2D eigenvalue weighted by atomic mass is 9.99. The number of benzene rings is 2. The molecule has 0 amide bonds. The van der Waals surface area contributed by atoms with Gasteiger partial charge in [-0.3, -0.25) is 0 Å². The average molecular weight is 620 g/mol. The van der Waals surface area contributed by atoms with E-state index in [0.29, 0.717) is 46.1 Å². The first-order valence-corrected chi connectivity index (χ1v) is 11.3. The zero-order chi connectivity index (χ0) is 20.8. The van der Waals surface area contributed by atoms with Crippen LogP contribution < -0.4 is 0 Å². The highest BCUT2D eigenvalue weighted by Gasteiger charge is 2.36. The molecule has 0 bridgehead atoms. The van der Waals surface area contributed by atoms with Crippen LogP contribution in [0, 0.1) is 21.0 Å². The Morgan fingerprint density at radius 2 is 1.00 bits per heavy atom. The largest absolute Gasteiger partial charge is 0.439 e. The van der Waals surface area contributed by atoms with Gasteiger partial charge in [0.2, 0.25) is 0 Å². The van der Waals surface area contributed by atoms with Crippen molar-refractivity contribution in [1.82, 2.24) is 9.97 Å². The van der Waals surface area contributed by atoms with E-state index >= 15 is 0 Å². The molecule has 0 fully saturated rings. The maximum Gasteiger partial charge on any atom is 0.192 e. The first kappa shape index (κ1) is 19.6. The van der Waals surface area contributed by atoms with Gasteiger partial charge in [0.15, 0.2) is 23.3 Å². The minimum Gasteiger partial charge on any atom is -0.439 e. The van der Waals surface area contributed by atoms with Crippen LogP contribution in [0.4, 0.5) is 11.4 Å². The predicted octanol–water partition coefficient (Wildman–Crippen LogP) is 6.14. The minimum atomic E-state index is 0.535. The number of aliphatic imine (C=N–C) groups is 2.